The van der Waals surface area contributed by atoms with Gasteiger partial charge in [0.1, 0.15) is 5.82 Å². The van der Waals surface area contributed by atoms with Gasteiger partial charge in [0, 0.05) is 13.1 Å². The summed E-state index contributed by atoms with van der Waals surface area (Å²) in [5.41, 5.74) is 2.17. The molecule has 5 rings (SSSR count). The summed E-state index contributed by atoms with van der Waals surface area (Å²) in [5, 5.41) is 2.68. The molecule has 0 spiro atoms. The molecule has 6 heteroatoms. The van der Waals surface area contributed by atoms with E-state index in [4.69, 9.17) is 4.98 Å². The highest BCUT2D eigenvalue weighted by Crippen LogP contribution is 2.25. The highest BCUT2D eigenvalue weighted by molar-refractivity contribution is 5.85. The fourth-order valence-electron chi connectivity index (χ4n) is 4.85. The van der Waals surface area contributed by atoms with Crippen molar-refractivity contribution in [1.82, 2.24) is 19.4 Å². The van der Waals surface area contributed by atoms with Gasteiger partial charge >= 0.3 is 0 Å². The minimum Gasteiger partial charge on any atom is -0.331 e. The van der Waals surface area contributed by atoms with Gasteiger partial charge in [-0.25, -0.2) is 4.98 Å². The second-order valence-electron chi connectivity index (χ2n) is 9.89. The van der Waals surface area contributed by atoms with Crippen molar-refractivity contribution in [1.29, 1.82) is 0 Å². The molecule has 0 saturated carbocycles. The molecule has 0 aliphatic carbocycles. The van der Waals surface area contributed by atoms with E-state index in [-0.39, 0.29) is 17.9 Å². The van der Waals surface area contributed by atoms with E-state index in [1.165, 1.54) is 0 Å². The van der Waals surface area contributed by atoms with Crippen molar-refractivity contribution in [2.45, 2.75) is 19.4 Å². The maximum atomic E-state index is 14.0. The predicted octanol–water partition coefficient (Wildman–Crippen LogP) is 5.23. The average molecular weight is 505 g/mol. The highest BCUT2D eigenvalue weighted by atomic mass is 16.2. The van der Waals surface area contributed by atoms with Crippen LogP contribution in [0.3, 0.4) is 0 Å². The maximum absolute atomic E-state index is 14.0. The van der Waals surface area contributed by atoms with Crippen molar-refractivity contribution in [2.24, 2.45) is 0 Å². The van der Waals surface area contributed by atoms with Crippen LogP contribution in [0, 0.1) is 0 Å². The van der Waals surface area contributed by atoms with Crippen LogP contribution in [-0.4, -0.2) is 52.4 Å². The summed E-state index contributed by atoms with van der Waals surface area (Å²) in [6.07, 6.45) is 0.284. The Morgan fingerprint density at radius 2 is 1.53 bits per heavy atom. The summed E-state index contributed by atoms with van der Waals surface area (Å²) in [6, 6.07) is 30.8. The Labute approximate surface area is 222 Å². The van der Waals surface area contributed by atoms with Crippen LogP contribution in [0.2, 0.25) is 0 Å². The first kappa shape index (κ1) is 25.4. The van der Waals surface area contributed by atoms with Gasteiger partial charge in [0.2, 0.25) is 5.91 Å². The molecule has 1 unspecified atom stereocenters. The van der Waals surface area contributed by atoms with Crippen LogP contribution in [-0.2, 0) is 11.2 Å². The van der Waals surface area contributed by atoms with Crippen LogP contribution in [0.25, 0.3) is 27.4 Å². The van der Waals surface area contributed by atoms with Crippen molar-refractivity contribution in [3.05, 3.63) is 119 Å². The molecule has 0 N–H and O–H groups in total. The highest BCUT2D eigenvalue weighted by Gasteiger charge is 2.27. The Bertz CT molecular complexity index is 1640. The summed E-state index contributed by atoms with van der Waals surface area (Å²) in [5.74, 6) is 0.544. The molecule has 6 nitrogen and oxygen atoms in total. The number of carbonyl (C=O) groups excluding carboxylic acids is 1. The Hall–Kier alpha value is -4.29. The van der Waals surface area contributed by atoms with E-state index >= 15 is 0 Å². The number of para-hydroxylation sites is 1. The van der Waals surface area contributed by atoms with Crippen LogP contribution >= 0.6 is 0 Å². The van der Waals surface area contributed by atoms with Gasteiger partial charge in [-0.05, 0) is 61.6 Å². The van der Waals surface area contributed by atoms with Gasteiger partial charge < -0.3 is 9.80 Å². The third-order valence-electron chi connectivity index (χ3n) is 6.94. The lowest BCUT2D eigenvalue weighted by Crippen LogP contribution is -2.41. The Kier molecular flexibility index (Phi) is 7.33. The lowest BCUT2D eigenvalue weighted by atomic mass is 10.1. The van der Waals surface area contributed by atoms with Crippen LogP contribution in [0.1, 0.15) is 24.4 Å². The number of hydrogen-bond acceptors (Lipinski definition) is 4. The minimum absolute atomic E-state index is 0.00183. The maximum Gasteiger partial charge on any atom is 0.266 e. The van der Waals surface area contributed by atoms with Crippen LogP contribution in [0.15, 0.2) is 102 Å². The molecule has 192 valence electrons. The van der Waals surface area contributed by atoms with Gasteiger partial charge in [0.25, 0.3) is 5.56 Å². The van der Waals surface area contributed by atoms with Gasteiger partial charge in [-0.1, -0.05) is 72.8 Å². The smallest absolute Gasteiger partial charge is 0.266 e. The summed E-state index contributed by atoms with van der Waals surface area (Å²) in [7, 11) is 3.98. The number of aromatic nitrogens is 2. The third kappa shape index (κ3) is 5.22. The first-order chi connectivity index (χ1) is 18.4. The second-order valence-corrected chi connectivity index (χ2v) is 9.89. The number of nitrogens with zero attached hydrogens (tertiary/aromatic N) is 4. The van der Waals surface area contributed by atoms with Crippen LogP contribution < -0.4 is 5.56 Å². The molecule has 0 saturated heterocycles. The molecule has 1 atom stereocenters. The number of rotatable bonds is 8. The van der Waals surface area contributed by atoms with E-state index < -0.39 is 6.04 Å². The van der Waals surface area contributed by atoms with Gasteiger partial charge in [-0.3, -0.25) is 14.2 Å². The van der Waals surface area contributed by atoms with Crippen LogP contribution in [0.4, 0.5) is 0 Å². The monoisotopic (exact) mass is 504 g/mol. The molecule has 1 heterocycles. The van der Waals surface area contributed by atoms with Crippen molar-refractivity contribution < 1.29 is 4.79 Å². The van der Waals surface area contributed by atoms with Gasteiger partial charge in [-0.2, -0.15) is 0 Å². The van der Waals surface area contributed by atoms with Crippen molar-refractivity contribution in [2.75, 3.05) is 27.2 Å². The molecule has 1 amide bonds. The largest absolute Gasteiger partial charge is 0.331 e. The van der Waals surface area contributed by atoms with E-state index in [9.17, 15) is 9.59 Å². The van der Waals surface area contributed by atoms with Crippen molar-refractivity contribution in [3.8, 4) is 5.69 Å². The molecular formula is C32H32N4O2. The summed E-state index contributed by atoms with van der Waals surface area (Å²) < 4.78 is 1.68. The summed E-state index contributed by atoms with van der Waals surface area (Å²) in [6.45, 7) is 3.17. The molecule has 1 aromatic heterocycles. The number of amides is 1. The molecule has 0 aliphatic heterocycles. The molecule has 4 aromatic carbocycles. The molecule has 0 fully saturated rings. The minimum atomic E-state index is -0.435. The fourth-order valence-corrected chi connectivity index (χ4v) is 4.85. The molecular weight excluding hydrogens is 472 g/mol. The van der Waals surface area contributed by atoms with Crippen molar-refractivity contribution in [3.63, 3.8) is 0 Å². The normalized spacial score (nSPS) is 12.2. The number of benzene rings is 4. The molecule has 5 aromatic rings. The molecule has 0 aliphatic rings. The zero-order valence-corrected chi connectivity index (χ0v) is 22.0. The standard InChI is InChI=1S/C32H32N4O2/c1-23(35(20-19-34(2)3)30(37)21-24-11-5-4-6-12-24)31-33-29-16-10-9-15-28(29)32(38)36(31)27-18-17-25-13-7-8-14-26(25)22-27/h4-18,22-23H,19-21H2,1-3H3. The number of fused-ring (bicyclic) bond motifs is 2. The summed E-state index contributed by atoms with van der Waals surface area (Å²) in [4.78, 5) is 36.5. The van der Waals surface area contributed by atoms with E-state index in [1.54, 1.807) is 10.6 Å². The third-order valence-corrected chi connectivity index (χ3v) is 6.94. The van der Waals surface area contributed by atoms with Gasteiger partial charge in [0.05, 0.1) is 29.1 Å². The number of carbonyl (C=O) groups is 1. The van der Waals surface area contributed by atoms with E-state index in [2.05, 4.69) is 11.0 Å². The van der Waals surface area contributed by atoms with E-state index in [0.717, 1.165) is 22.0 Å². The lowest BCUT2D eigenvalue weighted by Gasteiger charge is -2.31. The second kappa shape index (κ2) is 11.0. The fraction of sp³-hybridized carbons (Fsp3) is 0.219. The Morgan fingerprint density at radius 3 is 2.29 bits per heavy atom. The zero-order valence-electron chi connectivity index (χ0n) is 22.0. The molecule has 0 radical (unpaired) electrons. The topological polar surface area (TPSA) is 58.4 Å². The Balaban J connectivity index is 1.65. The predicted molar refractivity (Wildman–Crippen MR) is 154 cm³/mol. The summed E-state index contributed by atoms with van der Waals surface area (Å²) >= 11 is 0. The molecule has 38 heavy (non-hydrogen) atoms. The van der Waals surface area contributed by atoms with E-state index in [1.807, 2.05) is 111 Å². The van der Waals surface area contributed by atoms with Crippen molar-refractivity contribution >= 4 is 27.6 Å². The number of hydrogen-bond donors (Lipinski definition) is 0. The average Bonchev–Trinajstić information content (AvgIpc) is 2.93. The zero-order chi connectivity index (χ0) is 26.6. The van der Waals surface area contributed by atoms with E-state index in [0.29, 0.717) is 29.8 Å². The Morgan fingerprint density at radius 1 is 0.842 bits per heavy atom. The van der Waals surface area contributed by atoms with Gasteiger partial charge in [0.15, 0.2) is 0 Å². The SMILES string of the molecule is CC(c1nc2ccccc2c(=O)n1-c1ccc2ccccc2c1)N(CCN(C)C)C(=O)Cc1ccccc1. The first-order valence-corrected chi connectivity index (χ1v) is 12.9. The van der Waals surface area contributed by atoms with Gasteiger partial charge in [-0.15, -0.1) is 0 Å². The molecule has 0 bridgehead atoms. The number of likely N-dealkylation sites (N-methyl/N-ethyl adjacent to an activating group) is 1. The lowest BCUT2D eigenvalue weighted by molar-refractivity contribution is -0.133. The van der Waals surface area contributed by atoms with Crippen LogP contribution in [0.5, 0.6) is 0 Å². The first-order valence-electron chi connectivity index (χ1n) is 12.9. The quantitative estimate of drug-likeness (QED) is 0.290.